The maximum absolute atomic E-state index is 9.17. The predicted molar refractivity (Wildman–Crippen MR) is 74.6 cm³/mol. The zero-order valence-electron chi connectivity index (χ0n) is 9.50. The summed E-state index contributed by atoms with van der Waals surface area (Å²) in [4.78, 5) is 0. The third-order valence-electron chi connectivity index (χ3n) is 2.44. The van der Waals surface area contributed by atoms with Gasteiger partial charge < -0.3 is 10.4 Å². The van der Waals surface area contributed by atoms with Crippen molar-refractivity contribution in [3.8, 4) is 0 Å². The third kappa shape index (κ3) is 4.53. The number of hydrogen-bond acceptors (Lipinski definition) is 2. The van der Waals surface area contributed by atoms with Gasteiger partial charge in [0.1, 0.15) is 0 Å². The lowest BCUT2D eigenvalue weighted by atomic mass is 10.1. The van der Waals surface area contributed by atoms with Gasteiger partial charge >= 0.3 is 0 Å². The second-order valence-electron chi connectivity index (χ2n) is 3.98. The molecule has 2 unspecified atom stereocenters. The topological polar surface area (TPSA) is 32.3 Å². The lowest BCUT2D eigenvalue weighted by Crippen LogP contribution is -2.22. The normalized spacial score (nSPS) is 14.8. The molecule has 2 atom stereocenters. The monoisotopic (exact) mass is 349 g/mol. The Morgan fingerprint density at radius 3 is 2.56 bits per heavy atom. The van der Waals surface area contributed by atoms with Crippen molar-refractivity contribution in [3.63, 3.8) is 0 Å². The van der Waals surface area contributed by atoms with Crippen LogP contribution in [0.1, 0.15) is 31.9 Å². The first-order valence-electron chi connectivity index (χ1n) is 5.37. The van der Waals surface area contributed by atoms with E-state index in [9.17, 15) is 5.11 Å². The molecule has 0 fully saturated rings. The quantitative estimate of drug-likeness (QED) is 0.849. The van der Waals surface area contributed by atoms with Crippen LogP contribution in [0.4, 0.5) is 0 Å². The maximum atomic E-state index is 9.17. The van der Waals surface area contributed by atoms with Crippen molar-refractivity contribution >= 4 is 31.9 Å². The summed E-state index contributed by atoms with van der Waals surface area (Å²) in [6, 6.07) is 6.45. The molecule has 2 nitrogen and oxygen atoms in total. The second-order valence-corrected chi connectivity index (χ2v) is 5.75. The van der Waals surface area contributed by atoms with E-state index in [1.54, 1.807) is 0 Å². The number of halogens is 2. The van der Waals surface area contributed by atoms with E-state index >= 15 is 0 Å². The van der Waals surface area contributed by atoms with Crippen LogP contribution in [-0.4, -0.2) is 17.8 Å². The Morgan fingerprint density at radius 2 is 2.00 bits per heavy atom. The first-order valence-corrected chi connectivity index (χ1v) is 6.95. The molecule has 0 bridgehead atoms. The average molecular weight is 351 g/mol. The van der Waals surface area contributed by atoms with Crippen LogP contribution in [0.3, 0.4) is 0 Å². The Bertz CT molecular complexity index is 342. The highest BCUT2D eigenvalue weighted by atomic mass is 79.9. The molecule has 4 heteroatoms. The van der Waals surface area contributed by atoms with Crippen molar-refractivity contribution < 1.29 is 5.11 Å². The highest BCUT2D eigenvalue weighted by Gasteiger charge is 2.09. The highest BCUT2D eigenvalue weighted by molar-refractivity contribution is 9.11. The smallest absolute Gasteiger partial charge is 0.0524 e. The standard InChI is InChI=1S/C12H17Br2NO/c1-8(16)5-6-15-9(2)11-4-3-10(13)7-12(11)14/h3-4,7-9,15-16H,5-6H2,1-2H3. The van der Waals surface area contributed by atoms with Gasteiger partial charge in [-0.2, -0.15) is 0 Å². The van der Waals surface area contributed by atoms with Crippen LogP contribution in [0.5, 0.6) is 0 Å². The lowest BCUT2D eigenvalue weighted by molar-refractivity contribution is 0.182. The van der Waals surface area contributed by atoms with Crippen LogP contribution in [-0.2, 0) is 0 Å². The zero-order chi connectivity index (χ0) is 12.1. The second kappa shape index (κ2) is 6.74. The third-order valence-corrected chi connectivity index (χ3v) is 3.62. The SMILES string of the molecule is CC(O)CCNC(C)c1ccc(Br)cc1Br. The molecule has 90 valence electrons. The summed E-state index contributed by atoms with van der Waals surface area (Å²) in [5.74, 6) is 0. The molecule has 0 spiro atoms. The molecule has 0 aliphatic rings. The molecular weight excluding hydrogens is 334 g/mol. The summed E-state index contributed by atoms with van der Waals surface area (Å²) in [5, 5.41) is 12.6. The van der Waals surface area contributed by atoms with Crippen LogP contribution in [0.2, 0.25) is 0 Å². The minimum atomic E-state index is -0.243. The van der Waals surface area contributed by atoms with Gasteiger partial charge in [0.2, 0.25) is 0 Å². The van der Waals surface area contributed by atoms with Gasteiger partial charge in [0.15, 0.2) is 0 Å². The minimum Gasteiger partial charge on any atom is -0.393 e. The molecule has 0 aliphatic carbocycles. The lowest BCUT2D eigenvalue weighted by Gasteiger charge is -2.16. The Morgan fingerprint density at radius 1 is 1.31 bits per heavy atom. The molecule has 1 aromatic rings. The van der Waals surface area contributed by atoms with Gasteiger partial charge in [-0.15, -0.1) is 0 Å². The molecule has 0 amide bonds. The number of benzene rings is 1. The van der Waals surface area contributed by atoms with Crippen molar-refractivity contribution in [2.45, 2.75) is 32.4 Å². The van der Waals surface area contributed by atoms with Gasteiger partial charge in [-0.25, -0.2) is 0 Å². The van der Waals surface area contributed by atoms with E-state index in [0.717, 1.165) is 21.9 Å². The summed E-state index contributed by atoms with van der Waals surface area (Å²) in [5.41, 5.74) is 1.23. The van der Waals surface area contributed by atoms with Crippen LogP contribution < -0.4 is 5.32 Å². The van der Waals surface area contributed by atoms with Crippen molar-refractivity contribution in [3.05, 3.63) is 32.7 Å². The molecule has 0 heterocycles. The van der Waals surface area contributed by atoms with Gasteiger partial charge in [-0.1, -0.05) is 37.9 Å². The fourth-order valence-electron chi connectivity index (χ4n) is 1.47. The van der Waals surface area contributed by atoms with Crippen LogP contribution in [0.25, 0.3) is 0 Å². The van der Waals surface area contributed by atoms with E-state index in [1.807, 2.05) is 19.1 Å². The molecule has 2 N–H and O–H groups in total. The first kappa shape index (κ1) is 14.2. The summed E-state index contributed by atoms with van der Waals surface area (Å²) in [6.45, 7) is 4.75. The molecule has 0 saturated heterocycles. The summed E-state index contributed by atoms with van der Waals surface area (Å²) < 4.78 is 2.17. The van der Waals surface area contributed by atoms with E-state index in [-0.39, 0.29) is 12.1 Å². The number of aliphatic hydroxyl groups excluding tert-OH is 1. The van der Waals surface area contributed by atoms with Crippen molar-refractivity contribution in [1.82, 2.24) is 5.32 Å². The Hall–Kier alpha value is 0.1000. The van der Waals surface area contributed by atoms with E-state index in [1.165, 1.54) is 5.56 Å². The largest absolute Gasteiger partial charge is 0.393 e. The van der Waals surface area contributed by atoms with Gasteiger partial charge in [-0.05, 0) is 44.5 Å². The summed E-state index contributed by atoms with van der Waals surface area (Å²) >= 11 is 6.98. The number of nitrogens with one attached hydrogen (secondary N) is 1. The van der Waals surface area contributed by atoms with E-state index in [2.05, 4.69) is 50.2 Å². The van der Waals surface area contributed by atoms with Crippen molar-refractivity contribution in [2.75, 3.05) is 6.54 Å². The first-order chi connectivity index (χ1) is 7.50. The van der Waals surface area contributed by atoms with E-state index in [4.69, 9.17) is 0 Å². The maximum Gasteiger partial charge on any atom is 0.0524 e. The van der Waals surface area contributed by atoms with Gasteiger partial charge in [-0.3, -0.25) is 0 Å². The fraction of sp³-hybridized carbons (Fsp3) is 0.500. The Balaban J connectivity index is 2.55. The van der Waals surface area contributed by atoms with E-state index in [0.29, 0.717) is 0 Å². The Kier molecular flexibility index (Phi) is 5.97. The Labute approximate surface area is 114 Å². The van der Waals surface area contributed by atoms with Gasteiger partial charge in [0, 0.05) is 15.0 Å². The van der Waals surface area contributed by atoms with Crippen LogP contribution >= 0.6 is 31.9 Å². The molecule has 0 saturated carbocycles. The van der Waals surface area contributed by atoms with E-state index < -0.39 is 0 Å². The summed E-state index contributed by atoms with van der Waals surface area (Å²) in [7, 11) is 0. The molecular formula is C12H17Br2NO. The molecule has 0 radical (unpaired) electrons. The van der Waals surface area contributed by atoms with Crippen molar-refractivity contribution in [2.24, 2.45) is 0 Å². The van der Waals surface area contributed by atoms with Crippen molar-refractivity contribution in [1.29, 1.82) is 0 Å². The van der Waals surface area contributed by atoms with Gasteiger partial charge in [0.25, 0.3) is 0 Å². The van der Waals surface area contributed by atoms with Crippen LogP contribution in [0, 0.1) is 0 Å². The molecule has 0 aliphatic heterocycles. The average Bonchev–Trinajstić information content (AvgIpc) is 2.16. The number of aliphatic hydroxyl groups is 1. The molecule has 1 rings (SSSR count). The highest BCUT2D eigenvalue weighted by Crippen LogP contribution is 2.26. The summed E-state index contributed by atoms with van der Waals surface area (Å²) in [6.07, 6.45) is 0.534. The molecule has 16 heavy (non-hydrogen) atoms. The predicted octanol–water partition coefficient (Wildman–Crippen LogP) is 3.63. The number of hydrogen-bond donors (Lipinski definition) is 2. The molecule has 0 aromatic heterocycles. The van der Waals surface area contributed by atoms with Crippen LogP contribution in [0.15, 0.2) is 27.1 Å². The number of rotatable bonds is 5. The fourth-order valence-corrected chi connectivity index (χ4v) is 2.86. The zero-order valence-corrected chi connectivity index (χ0v) is 12.7. The minimum absolute atomic E-state index is 0.243. The van der Waals surface area contributed by atoms with Gasteiger partial charge in [0.05, 0.1) is 6.10 Å². The molecule has 1 aromatic carbocycles.